The van der Waals surface area contributed by atoms with E-state index in [1.165, 1.54) is 11.8 Å². The van der Waals surface area contributed by atoms with Gasteiger partial charge in [0, 0.05) is 35.7 Å². The number of amides is 1. The lowest BCUT2D eigenvalue weighted by atomic mass is 9.85. The van der Waals surface area contributed by atoms with Crippen molar-refractivity contribution in [3.63, 3.8) is 0 Å². The molecule has 1 aromatic heterocycles. The Morgan fingerprint density at radius 2 is 1.83 bits per heavy atom. The summed E-state index contributed by atoms with van der Waals surface area (Å²) in [5.74, 6) is 1.26. The third-order valence-electron chi connectivity index (χ3n) is 9.13. The van der Waals surface area contributed by atoms with Gasteiger partial charge in [-0.05, 0) is 72.6 Å². The molecule has 1 aromatic carbocycles. The number of aliphatic hydroxyl groups excluding tert-OH is 3. The van der Waals surface area contributed by atoms with Crippen LogP contribution in [0.3, 0.4) is 0 Å². The van der Waals surface area contributed by atoms with E-state index in [4.69, 9.17) is 19.4 Å². The van der Waals surface area contributed by atoms with Crippen LogP contribution < -0.4 is 10.6 Å². The van der Waals surface area contributed by atoms with Crippen LogP contribution in [0.1, 0.15) is 40.0 Å². The molecule has 0 unspecified atom stereocenters. The summed E-state index contributed by atoms with van der Waals surface area (Å²) in [5, 5.41) is 45.6. The van der Waals surface area contributed by atoms with E-state index in [9.17, 15) is 20.1 Å². The number of thioether (sulfide) groups is 2. The largest absolute Gasteiger partial charge is 0.483 e. The van der Waals surface area contributed by atoms with Crippen LogP contribution in [-0.4, -0.2) is 110 Å². The number of ether oxygens (including phenoxy) is 2. The van der Waals surface area contributed by atoms with Crippen LogP contribution in [0.15, 0.2) is 53.7 Å². The number of hydrogen-bond acceptors (Lipinski definition) is 11. The summed E-state index contributed by atoms with van der Waals surface area (Å²) < 4.78 is 12.5. The second kappa shape index (κ2) is 18.0. The Morgan fingerprint density at radius 3 is 2.47 bits per heavy atom. The van der Waals surface area contributed by atoms with Crippen molar-refractivity contribution in [2.75, 3.05) is 19.4 Å². The number of nitrogens with zero attached hydrogens (tertiary/aromatic N) is 1. The molecular formula is C34H49N3O8S2. The molecule has 47 heavy (non-hydrogen) atoms. The van der Waals surface area contributed by atoms with Crippen molar-refractivity contribution in [3.8, 4) is 11.1 Å². The van der Waals surface area contributed by atoms with Gasteiger partial charge in [-0.3, -0.25) is 14.6 Å². The first-order valence-corrected chi connectivity index (χ1v) is 18.4. The van der Waals surface area contributed by atoms with E-state index in [1.807, 2.05) is 49.5 Å². The molecule has 260 valence electrons. The van der Waals surface area contributed by atoms with Gasteiger partial charge in [0.1, 0.15) is 35.9 Å². The van der Waals surface area contributed by atoms with Gasteiger partial charge in [-0.1, -0.05) is 39.0 Å². The highest BCUT2D eigenvalue weighted by atomic mass is 32.2. The summed E-state index contributed by atoms with van der Waals surface area (Å²) in [6.45, 7) is 7.59. The van der Waals surface area contributed by atoms with Crippen molar-refractivity contribution in [3.05, 3.63) is 48.8 Å². The maximum Gasteiger partial charge on any atom is 0.290 e. The number of aliphatic hydroxyl groups is 3. The maximum atomic E-state index is 14.0. The fraction of sp³-hybridized carbons (Fsp3) is 0.618. The van der Waals surface area contributed by atoms with Crippen molar-refractivity contribution < 1.29 is 39.5 Å². The van der Waals surface area contributed by atoms with E-state index in [1.54, 1.807) is 24.2 Å². The summed E-state index contributed by atoms with van der Waals surface area (Å²) in [6.07, 6.45) is 3.36. The number of nitrogens with one attached hydrogen (secondary N) is 2. The zero-order valence-corrected chi connectivity index (χ0v) is 29.0. The van der Waals surface area contributed by atoms with Gasteiger partial charge < -0.3 is 40.5 Å². The number of fused-ring (bicyclic) bond motifs is 1. The quantitative estimate of drug-likeness (QED) is 0.159. The van der Waals surface area contributed by atoms with Crippen LogP contribution in [-0.2, 0) is 19.1 Å². The molecule has 11 atom stereocenters. The fourth-order valence-corrected chi connectivity index (χ4v) is 8.68. The third kappa shape index (κ3) is 9.69. The van der Waals surface area contributed by atoms with E-state index >= 15 is 0 Å². The summed E-state index contributed by atoms with van der Waals surface area (Å²) in [6, 6.07) is 10.8. The second-order valence-corrected chi connectivity index (χ2v) is 15.3. The van der Waals surface area contributed by atoms with Crippen molar-refractivity contribution in [2.45, 2.75) is 98.2 Å². The van der Waals surface area contributed by atoms with Crippen LogP contribution >= 0.6 is 23.5 Å². The molecule has 3 aliphatic heterocycles. The number of carbonyl (C=O) groups excluding carboxylic acids is 1. The molecule has 0 radical (unpaired) electrons. The van der Waals surface area contributed by atoms with Gasteiger partial charge in [-0.2, -0.15) is 0 Å². The highest BCUT2D eigenvalue weighted by Crippen LogP contribution is 2.36. The lowest BCUT2D eigenvalue weighted by Gasteiger charge is -2.44. The average Bonchev–Trinajstić information content (AvgIpc) is 3.35. The van der Waals surface area contributed by atoms with Crippen molar-refractivity contribution in [2.24, 2.45) is 17.8 Å². The van der Waals surface area contributed by atoms with Crippen LogP contribution in [0, 0.1) is 17.8 Å². The van der Waals surface area contributed by atoms with Gasteiger partial charge in [0.15, 0.2) is 0 Å². The highest BCUT2D eigenvalue weighted by Gasteiger charge is 2.50. The molecule has 1 amide bonds. The summed E-state index contributed by atoms with van der Waals surface area (Å²) in [7, 11) is 0. The predicted molar refractivity (Wildman–Crippen MR) is 183 cm³/mol. The van der Waals surface area contributed by atoms with Gasteiger partial charge in [0.2, 0.25) is 5.91 Å². The summed E-state index contributed by atoms with van der Waals surface area (Å²) >= 11 is 2.82. The standard InChI is InChI=1S/C33H47N3O6S2.CH2O2/c1-18(2)14-20-11-13-41-30-23(15-20)17-35-26(30)32(40)36-25(31-28(38)27(37)29(39)33(42-31)43-4)19(3)44-24-9-7-21(8-10-24)22-6-5-12-34-16-22;2-1-3/h5-10,12,16,18-20,23,25-31,33,35,37-39H,11,13-15,17H2,1-4H3,(H,36,40);1H,(H,2,3)/t19-,20-,23-,25+,26-,27-,28+,29+,30+,31+,33+;/m0./s1. The number of benzene rings is 1. The molecule has 0 aliphatic carbocycles. The van der Waals surface area contributed by atoms with E-state index in [-0.39, 0.29) is 29.7 Å². The van der Waals surface area contributed by atoms with Gasteiger partial charge in [0.05, 0.1) is 12.1 Å². The van der Waals surface area contributed by atoms with Crippen LogP contribution in [0.2, 0.25) is 0 Å². The Hall–Kier alpha value is -2.23. The van der Waals surface area contributed by atoms with Crippen molar-refractivity contribution in [1.82, 2.24) is 15.6 Å². The number of aromatic nitrogens is 1. The van der Waals surface area contributed by atoms with Crippen LogP contribution in [0.4, 0.5) is 0 Å². The highest BCUT2D eigenvalue weighted by molar-refractivity contribution is 8.00. The van der Waals surface area contributed by atoms with Gasteiger partial charge in [-0.15, -0.1) is 23.5 Å². The first kappa shape index (κ1) is 37.6. The molecule has 4 heterocycles. The van der Waals surface area contributed by atoms with Crippen LogP contribution in [0.25, 0.3) is 11.1 Å². The minimum Gasteiger partial charge on any atom is -0.483 e. The number of carboxylic acid groups (broad SMARTS) is 1. The number of pyridine rings is 1. The summed E-state index contributed by atoms with van der Waals surface area (Å²) in [5.41, 5.74) is 1.33. The maximum absolute atomic E-state index is 14.0. The number of carbonyl (C=O) groups is 2. The third-order valence-corrected chi connectivity index (χ3v) is 11.2. The first-order valence-electron chi connectivity index (χ1n) is 16.2. The molecule has 3 saturated heterocycles. The molecule has 5 rings (SSSR count). The average molecular weight is 692 g/mol. The molecule has 11 nitrogen and oxygen atoms in total. The monoisotopic (exact) mass is 691 g/mol. The van der Waals surface area contributed by atoms with Crippen LogP contribution in [0.5, 0.6) is 0 Å². The Morgan fingerprint density at radius 1 is 1.11 bits per heavy atom. The van der Waals surface area contributed by atoms with Crippen molar-refractivity contribution >= 4 is 35.9 Å². The molecular weight excluding hydrogens is 643 g/mol. The molecule has 0 saturated carbocycles. The first-order chi connectivity index (χ1) is 22.6. The molecule has 6 N–H and O–H groups in total. The second-order valence-electron chi connectivity index (χ2n) is 12.9. The number of rotatable bonds is 10. The topological polar surface area (TPSA) is 170 Å². The van der Waals surface area contributed by atoms with Gasteiger partial charge in [-0.25, -0.2) is 0 Å². The van der Waals surface area contributed by atoms with E-state index in [0.717, 1.165) is 41.8 Å². The SMILES string of the molecule is CS[C@H]1O[C@H]([C@H](NC(=O)[C@H]2NC[C@@H]3C[C@H](CC(C)C)CCO[C@H]32)[C@H](C)Sc2ccc(-c3cccnc3)cc2)[C@H](O)[C@H](O)[C@H]1O.O=CO. The predicted octanol–water partition coefficient (Wildman–Crippen LogP) is 3.01. The number of hydrogen-bond donors (Lipinski definition) is 6. The van der Waals surface area contributed by atoms with E-state index in [0.29, 0.717) is 18.4 Å². The molecule has 3 fully saturated rings. The Kier molecular flexibility index (Phi) is 14.4. The normalized spacial score (nSPS) is 31.9. The lowest BCUT2D eigenvalue weighted by Crippen LogP contribution is -2.65. The molecule has 0 spiro atoms. The zero-order valence-electron chi connectivity index (χ0n) is 27.3. The minimum atomic E-state index is -1.40. The Labute approximate surface area is 285 Å². The molecule has 13 heteroatoms. The molecule has 0 bridgehead atoms. The smallest absolute Gasteiger partial charge is 0.290 e. The van der Waals surface area contributed by atoms with Gasteiger partial charge >= 0.3 is 0 Å². The van der Waals surface area contributed by atoms with Gasteiger partial charge in [0.25, 0.3) is 6.47 Å². The van der Waals surface area contributed by atoms with E-state index in [2.05, 4.69) is 29.5 Å². The Balaban J connectivity index is 0.00000160. The fourth-order valence-electron chi connectivity index (χ4n) is 6.91. The molecule has 3 aliphatic rings. The molecule has 2 aromatic rings. The van der Waals surface area contributed by atoms with Crippen molar-refractivity contribution in [1.29, 1.82) is 0 Å². The zero-order chi connectivity index (χ0) is 34.1. The Bertz CT molecular complexity index is 1260. The minimum absolute atomic E-state index is 0.207. The van der Waals surface area contributed by atoms with E-state index < -0.39 is 41.9 Å². The lowest BCUT2D eigenvalue weighted by molar-refractivity contribution is -0.205. The summed E-state index contributed by atoms with van der Waals surface area (Å²) in [4.78, 5) is 27.5.